The van der Waals surface area contributed by atoms with Crippen LogP contribution in [0.15, 0.2) is 18.2 Å². The van der Waals surface area contributed by atoms with Crippen LogP contribution in [-0.2, 0) is 5.41 Å². The zero-order valence-electron chi connectivity index (χ0n) is 8.79. The molecule has 1 aromatic rings. The minimum absolute atomic E-state index is 0.204. The van der Waals surface area contributed by atoms with Crippen molar-refractivity contribution in [2.24, 2.45) is 0 Å². The average molecular weight is 202 g/mol. The summed E-state index contributed by atoms with van der Waals surface area (Å²) in [5.74, 6) is 3.49. The number of phenolic OH excluding ortho intramolecular Hbond substituents is 1. The third-order valence-electron chi connectivity index (χ3n) is 2.84. The normalized spacial score (nSPS) is 16.8. The van der Waals surface area contributed by atoms with E-state index in [1.165, 1.54) is 0 Å². The van der Waals surface area contributed by atoms with Crippen LogP contribution < -0.4 is 4.74 Å². The number of terminal acetylenes is 1. The van der Waals surface area contributed by atoms with Crippen LogP contribution in [0.2, 0.25) is 0 Å². The van der Waals surface area contributed by atoms with Gasteiger partial charge in [-0.1, -0.05) is 18.1 Å². The Labute approximate surface area is 89.9 Å². The molecule has 0 unspecified atom stereocenters. The van der Waals surface area contributed by atoms with E-state index in [4.69, 9.17) is 11.2 Å². The molecular weight excluding hydrogens is 188 g/mol. The topological polar surface area (TPSA) is 29.5 Å². The Bertz CT molecular complexity index is 411. The number of hydrogen-bond acceptors (Lipinski definition) is 2. The highest BCUT2D eigenvalue weighted by atomic mass is 16.5. The summed E-state index contributed by atoms with van der Waals surface area (Å²) in [6.07, 6.45) is 7.39. The van der Waals surface area contributed by atoms with E-state index < -0.39 is 0 Å². The van der Waals surface area contributed by atoms with Gasteiger partial charge in [-0.3, -0.25) is 0 Å². The minimum Gasteiger partial charge on any atom is -0.504 e. The van der Waals surface area contributed by atoms with E-state index in [9.17, 15) is 5.11 Å². The van der Waals surface area contributed by atoms with Gasteiger partial charge in [-0.25, -0.2) is 0 Å². The van der Waals surface area contributed by atoms with Gasteiger partial charge in [0.1, 0.15) is 0 Å². The summed E-state index contributed by atoms with van der Waals surface area (Å²) in [7, 11) is 0. The van der Waals surface area contributed by atoms with Gasteiger partial charge in [-0.2, -0.15) is 0 Å². The maximum atomic E-state index is 10.0. The van der Waals surface area contributed by atoms with E-state index in [0.717, 1.165) is 18.4 Å². The van der Waals surface area contributed by atoms with Crippen molar-refractivity contribution in [1.29, 1.82) is 0 Å². The zero-order chi connectivity index (χ0) is 10.9. The molecule has 1 N–H and O–H groups in total. The van der Waals surface area contributed by atoms with Crippen molar-refractivity contribution in [3.63, 3.8) is 0 Å². The highest BCUT2D eigenvalue weighted by Crippen LogP contribution is 2.52. The molecule has 0 aliphatic heterocycles. The van der Waals surface area contributed by atoms with Gasteiger partial charge in [-0.15, -0.1) is 6.42 Å². The highest BCUT2D eigenvalue weighted by Gasteiger charge is 2.44. The standard InChI is InChI=1S/C13H14O2/c1-3-13(8-9-13)10-6-5-7-11(12(10)14)15-4-2/h1,5-7,14H,4,8-9H2,2H3. The molecule has 1 aliphatic carbocycles. The maximum absolute atomic E-state index is 10.0. The Hall–Kier alpha value is -1.62. The van der Waals surface area contributed by atoms with Gasteiger partial charge >= 0.3 is 0 Å². The van der Waals surface area contributed by atoms with Crippen molar-refractivity contribution in [2.45, 2.75) is 25.2 Å². The predicted molar refractivity (Wildman–Crippen MR) is 59.0 cm³/mol. The highest BCUT2D eigenvalue weighted by molar-refractivity contribution is 5.54. The fourth-order valence-corrected chi connectivity index (χ4v) is 1.80. The van der Waals surface area contributed by atoms with E-state index in [1.807, 2.05) is 19.1 Å². The van der Waals surface area contributed by atoms with Gasteiger partial charge in [-0.05, 0) is 25.8 Å². The molecule has 1 saturated carbocycles. The summed E-state index contributed by atoms with van der Waals surface area (Å²) in [4.78, 5) is 0. The number of aromatic hydroxyl groups is 1. The number of para-hydroxylation sites is 1. The molecule has 0 aromatic heterocycles. The summed E-state index contributed by atoms with van der Waals surface area (Å²) in [5, 5.41) is 10.0. The van der Waals surface area contributed by atoms with Crippen molar-refractivity contribution in [3.8, 4) is 23.8 Å². The van der Waals surface area contributed by atoms with Crippen LogP contribution in [0, 0.1) is 12.3 Å². The van der Waals surface area contributed by atoms with Crippen molar-refractivity contribution >= 4 is 0 Å². The van der Waals surface area contributed by atoms with Gasteiger partial charge in [0.15, 0.2) is 11.5 Å². The van der Waals surface area contributed by atoms with E-state index in [0.29, 0.717) is 12.4 Å². The molecule has 1 aliphatic rings. The first-order chi connectivity index (χ1) is 7.23. The van der Waals surface area contributed by atoms with Gasteiger partial charge in [0.2, 0.25) is 0 Å². The van der Waals surface area contributed by atoms with Crippen LogP contribution in [0.3, 0.4) is 0 Å². The second-order valence-corrected chi connectivity index (χ2v) is 3.81. The molecule has 1 fully saturated rings. The molecule has 2 heteroatoms. The first-order valence-corrected chi connectivity index (χ1v) is 5.16. The molecule has 0 atom stereocenters. The van der Waals surface area contributed by atoms with Crippen molar-refractivity contribution < 1.29 is 9.84 Å². The van der Waals surface area contributed by atoms with E-state index >= 15 is 0 Å². The van der Waals surface area contributed by atoms with E-state index in [1.54, 1.807) is 6.07 Å². The van der Waals surface area contributed by atoms with Crippen LogP contribution in [0.25, 0.3) is 0 Å². The van der Waals surface area contributed by atoms with Crippen molar-refractivity contribution in [1.82, 2.24) is 0 Å². The van der Waals surface area contributed by atoms with Crippen LogP contribution in [-0.4, -0.2) is 11.7 Å². The minimum atomic E-state index is -0.239. The second-order valence-electron chi connectivity index (χ2n) is 3.81. The SMILES string of the molecule is C#CC1(c2cccc(OCC)c2O)CC1. The van der Waals surface area contributed by atoms with Gasteiger partial charge in [0, 0.05) is 5.56 Å². The Morgan fingerprint density at radius 3 is 2.80 bits per heavy atom. The Balaban J connectivity index is 2.41. The fraction of sp³-hybridized carbons (Fsp3) is 0.385. The number of rotatable bonds is 3. The summed E-state index contributed by atoms with van der Waals surface area (Å²) >= 11 is 0. The monoisotopic (exact) mass is 202 g/mol. The quantitative estimate of drug-likeness (QED) is 0.763. The lowest BCUT2D eigenvalue weighted by molar-refractivity contribution is 0.316. The molecule has 0 saturated heterocycles. The van der Waals surface area contributed by atoms with Gasteiger partial charge < -0.3 is 9.84 Å². The molecule has 78 valence electrons. The summed E-state index contributed by atoms with van der Waals surface area (Å²) in [5.41, 5.74) is 0.591. The molecule has 1 aromatic carbocycles. The largest absolute Gasteiger partial charge is 0.504 e. The van der Waals surface area contributed by atoms with Crippen LogP contribution >= 0.6 is 0 Å². The van der Waals surface area contributed by atoms with Crippen LogP contribution in [0.5, 0.6) is 11.5 Å². The molecule has 15 heavy (non-hydrogen) atoms. The van der Waals surface area contributed by atoms with Gasteiger partial charge in [0.25, 0.3) is 0 Å². The fourth-order valence-electron chi connectivity index (χ4n) is 1.80. The Morgan fingerprint density at radius 2 is 2.27 bits per heavy atom. The van der Waals surface area contributed by atoms with Crippen LogP contribution in [0.1, 0.15) is 25.3 Å². The third kappa shape index (κ3) is 1.55. The molecule has 0 amide bonds. The lowest BCUT2D eigenvalue weighted by atomic mass is 9.96. The Kier molecular flexibility index (Phi) is 2.32. The summed E-state index contributed by atoms with van der Waals surface area (Å²) in [6.45, 7) is 2.43. The zero-order valence-corrected chi connectivity index (χ0v) is 8.79. The molecule has 2 rings (SSSR count). The molecule has 0 bridgehead atoms. The molecule has 0 heterocycles. The first-order valence-electron chi connectivity index (χ1n) is 5.16. The van der Waals surface area contributed by atoms with Crippen LogP contribution in [0.4, 0.5) is 0 Å². The van der Waals surface area contributed by atoms with Crippen molar-refractivity contribution in [2.75, 3.05) is 6.61 Å². The maximum Gasteiger partial charge on any atom is 0.162 e. The Morgan fingerprint density at radius 1 is 1.53 bits per heavy atom. The predicted octanol–water partition coefficient (Wildman–Crippen LogP) is 2.46. The first kappa shape index (κ1) is 9.92. The lowest BCUT2D eigenvalue weighted by Gasteiger charge is -2.13. The molecule has 2 nitrogen and oxygen atoms in total. The smallest absolute Gasteiger partial charge is 0.162 e. The van der Waals surface area contributed by atoms with Gasteiger partial charge in [0.05, 0.1) is 12.0 Å². The molecular formula is C13H14O2. The van der Waals surface area contributed by atoms with E-state index in [2.05, 4.69) is 5.92 Å². The number of benzene rings is 1. The molecule has 0 radical (unpaired) electrons. The van der Waals surface area contributed by atoms with Crippen molar-refractivity contribution in [3.05, 3.63) is 23.8 Å². The number of hydrogen-bond donors (Lipinski definition) is 1. The summed E-state index contributed by atoms with van der Waals surface area (Å²) < 4.78 is 5.33. The lowest BCUT2D eigenvalue weighted by Crippen LogP contribution is -2.04. The van der Waals surface area contributed by atoms with E-state index in [-0.39, 0.29) is 11.2 Å². The number of ether oxygens (including phenoxy) is 1. The summed E-state index contributed by atoms with van der Waals surface area (Å²) in [6, 6.07) is 5.51. The molecule has 0 spiro atoms. The third-order valence-corrected chi connectivity index (χ3v) is 2.84. The average Bonchev–Trinajstić information content (AvgIpc) is 3.02. The number of phenols is 1. The second kappa shape index (κ2) is 3.51.